The van der Waals surface area contributed by atoms with Crippen molar-refractivity contribution in [2.75, 3.05) is 0 Å². The molecular formula is C38H22N4. The molecule has 0 bridgehead atoms. The van der Waals surface area contributed by atoms with Gasteiger partial charge in [0, 0.05) is 38.4 Å². The lowest BCUT2D eigenvalue weighted by Gasteiger charge is -2.18. The van der Waals surface area contributed by atoms with E-state index >= 15 is 0 Å². The molecule has 42 heavy (non-hydrogen) atoms. The largest absolute Gasteiger partial charge is 0.309 e. The van der Waals surface area contributed by atoms with Crippen LogP contribution in [-0.4, -0.2) is 9.13 Å². The molecule has 2 aromatic heterocycles. The summed E-state index contributed by atoms with van der Waals surface area (Å²) in [7, 11) is 0. The molecule has 0 spiro atoms. The Hall–Kier alpha value is -6.10. The molecular weight excluding hydrogens is 512 g/mol. The Kier molecular flexibility index (Phi) is 5.22. The second-order valence-electron chi connectivity index (χ2n) is 10.4. The van der Waals surface area contributed by atoms with Gasteiger partial charge in [-0.2, -0.15) is 10.5 Å². The van der Waals surface area contributed by atoms with Gasteiger partial charge in [-0.25, -0.2) is 0 Å². The minimum Gasteiger partial charge on any atom is -0.309 e. The molecule has 6 aromatic carbocycles. The summed E-state index contributed by atoms with van der Waals surface area (Å²) >= 11 is 0. The van der Waals surface area contributed by atoms with Gasteiger partial charge in [-0.3, -0.25) is 0 Å². The van der Waals surface area contributed by atoms with Gasteiger partial charge < -0.3 is 9.13 Å². The van der Waals surface area contributed by atoms with Crippen molar-refractivity contribution in [2.45, 2.75) is 0 Å². The highest BCUT2D eigenvalue weighted by Gasteiger charge is 2.21. The number of hydrogen-bond donors (Lipinski definition) is 0. The van der Waals surface area contributed by atoms with Gasteiger partial charge in [-0.15, -0.1) is 0 Å². The number of nitrogens with zero attached hydrogens (tertiary/aromatic N) is 4. The second-order valence-corrected chi connectivity index (χ2v) is 10.4. The van der Waals surface area contributed by atoms with Crippen molar-refractivity contribution in [2.24, 2.45) is 0 Å². The molecule has 0 N–H and O–H groups in total. The number of nitriles is 2. The van der Waals surface area contributed by atoms with E-state index in [-0.39, 0.29) is 0 Å². The first-order chi connectivity index (χ1) is 20.8. The summed E-state index contributed by atoms with van der Waals surface area (Å²) in [6, 6.07) is 50.1. The Morgan fingerprint density at radius 3 is 1.31 bits per heavy atom. The summed E-state index contributed by atoms with van der Waals surface area (Å²) in [4.78, 5) is 0. The fourth-order valence-electron chi connectivity index (χ4n) is 6.47. The minimum absolute atomic E-state index is 0.473. The molecule has 0 aliphatic carbocycles. The van der Waals surface area contributed by atoms with Crippen molar-refractivity contribution in [1.29, 1.82) is 10.5 Å². The molecule has 0 aliphatic rings. The van der Waals surface area contributed by atoms with Gasteiger partial charge in [-0.05, 0) is 48.5 Å². The summed E-state index contributed by atoms with van der Waals surface area (Å²) in [5.41, 5.74) is 8.70. The first-order valence-corrected chi connectivity index (χ1v) is 13.8. The van der Waals surface area contributed by atoms with Crippen LogP contribution in [0.5, 0.6) is 0 Å². The van der Waals surface area contributed by atoms with Crippen LogP contribution in [0, 0.1) is 22.7 Å². The first kappa shape index (κ1) is 23.8. The molecule has 0 aliphatic heterocycles. The molecule has 0 amide bonds. The predicted octanol–water partition coefficient (Wildman–Crippen LogP) is 9.29. The van der Waals surface area contributed by atoms with Crippen LogP contribution >= 0.6 is 0 Å². The van der Waals surface area contributed by atoms with Crippen molar-refractivity contribution in [3.63, 3.8) is 0 Å². The zero-order valence-electron chi connectivity index (χ0n) is 22.5. The SMILES string of the molecule is N#Cc1cccc(C#N)c1-c1ccc(-n2c3ccccc3c3ccccc32)cc1-n1c2ccccc2c2ccccc21. The van der Waals surface area contributed by atoms with Crippen molar-refractivity contribution in [3.8, 4) is 34.6 Å². The van der Waals surface area contributed by atoms with Crippen LogP contribution in [-0.2, 0) is 0 Å². The van der Waals surface area contributed by atoms with E-state index in [9.17, 15) is 10.5 Å². The molecule has 0 atom stereocenters. The fourth-order valence-corrected chi connectivity index (χ4v) is 6.47. The lowest BCUT2D eigenvalue weighted by atomic mass is 9.93. The molecule has 4 heteroatoms. The number of rotatable bonds is 3. The van der Waals surface area contributed by atoms with Crippen LogP contribution in [0.15, 0.2) is 133 Å². The van der Waals surface area contributed by atoms with Crippen molar-refractivity contribution in [3.05, 3.63) is 145 Å². The van der Waals surface area contributed by atoms with Gasteiger partial charge in [0.05, 0.1) is 51.0 Å². The quantitative estimate of drug-likeness (QED) is 0.227. The van der Waals surface area contributed by atoms with E-state index in [1.54, 1.807) is 18.2 Å². The number of para-hydroxylation sites is 4. The maximum absolute atomic E-state index is 10.1. The van der Waals surface area contributed by atoms with Gasteiger partial charge >= 0.3 is 0 Å². The lowest BCUT2D eigenvalue weighted by molar-refractivity contribution is 1.13. The number of benzene rings is 6. The molecule has 2 heterocycles. The Balaban J connectivity index is 1.55. The number of hydrogen-bond acceptors (Lipinski definition) is 2. The van der Waals surface area contributed by atoms with Crippen LogP contribution < -0.4 is 0 Å². The maximum Gasteiger partial charge on any atom is 0.0998 e. The molecule has 194 valence electrons. The molecule has 0 radical (unpaired) electrons. The minimum atomic E-state index is 0.473. The summed E-state index contributed by atoms with van der Waals surface area (Å²) in [6.07, 6.45) is 0. The van der Waals surface area contributed by atoms with E-state index in [2.05, 4.69) is 137 Å². The smallest absolute Gasteiger partial charge is 0.0998 e. The Morgan fingerprint density at radius 2 is 0.857 bits per heavy atom. The standard InChI is InChI=1S/C38H22N4/c39-23-25-10-9-11-26(24-40)38(25)32-21-20-27(41-33-16-5-1-12-28(33)29-13-2-6-17-34(29)41)22-37(32)42-35-18-7-3-14-30(35)31-15-4-8-19-36(31)42/h1-22H. The third-order valence-electron chi connectivity index (χ3n) is 8.22. The van der Waals surface area contributed by atoms with Crippen molar-refractivity contribution < 1.29 is 0 Å². The van der Waals surface area contributed by atoms with Crippen LogP contribution in [0.3, 0.4) is 0 Å². The second kappa shape index (κ2) is 9.24. The van der Waals surface area contributed by atoms with Gasteiger partial charge in [0.15, 0.2) is 0 Å². The van der Waals surface area contributed by atoms with Gasteiger partial charge in [0.2, 0.25) is 0 Å². The summed E-state index contributed by atoms with van der Waals surface area (Å²) in [5, 5.41) is 25.0. The van der Waals surface area contributed by atoms with E-state index < -0.39 is 0 Å². The normalized spacial score (nSPS) is 11.3. The van der Waals surface area contributed by atoms with Crippen LogP contribution in [0.2, 0.25) is 0 Å². The molecule has 8 rings (SSSR count). The van der Waals surface area contributed by atoms with Crippen molar-refractivity contribution >= 4 is 43.6 Å². The van der Waals surface area contributed by atoms with E-state index in [0.29, 0.717) is 16.7 Å². The zero-order chi connectivity index (χ0) is 28.2. The third kappa shape index (κ3) is 3.33. The summed E-state index contributed by atoms with van der Waals surface area (Å²) in [5.74, 6) is 0. The Labute approximate surface area is 242 Å². The van der Waals surface area contributed by atoms with Crippen LogP contribution in [0.25, 0.3) is 66.1 Å². The van der Waals surface area contributed by atoms with Crippen LogP contribution in [0.4, 0.5) is 0 Å². The van der Waals surface area contributed by atoms with E-state index in [1.165, 1.54) is 10.8 Å². The molecule has 4 nitrogen and oxygen atoms in total. The van der Waals surface area contributed by atoms with E-state index in [4.69, 9.17) is 0 Å². The summed E-state index contributed by atoms with van der Waals surface area (Å²) < 4.78 is 4.57. The molecule has 0 saturated heterocycles. The maximum atomic E-state index is 10.1. The lowest BCUT2D eigenvalue weighted by Crippen LogP contribution is -2.03. The monoisotopic (exact) mass is 534 g/mol. The first-order valence-electron chi connectivity index (χ1n) is 13.8. The topological polar surface area (TPSA) is 57.4 Å². The van der Waals surface area contributed by atoms with Crippen molar-refractivity contribution in [1.82, 2.24) is 9.13 Å². The fraction of sp³-hybridized carbons (Fsp3) is 0. The highest BCUT2D eigenvalue weighted by molar-refractivity contribution is 6.11. The third-order valence-corrected chi connectivity index (χ3v) is 8.22. The predicted molar refractivity (Wildman–Crippen MR) is 170 cm³/mol. The molecule has 0 saturated carbocycles. The number of aromatic nitrogens is 2. The van der Waals surface area contributed by atoms with Crippen LogP contribution in [0.1, 0.15) is 11.1 Å². The van der Waals surface area contributed by atoms with Gasteiger partial charge in [-0.1, -0.05) is 84.9 Å². The Bertz CT molecular complexity index is 2300. The van der Waals surface area contributed by atoms with Gasteiger partial charge in [0.1, 0.15) is 0 Å². The average molecular weight is 535 g/mol. The van der Waals surface area contributed by atoms with E-state index in [0.717, 1.165) is 49.8 Å². The summed E-state index contributed by atoms with van der Waals surface area (Å²) in [6.45, 7) is 0. The molecule has 0 fully saturated rings. The van der Waals surface area contributed by atoms with E-state index in [1.807, 2.05) is 0 Å². The molecule has 0 unspecified atom stereocenters. The highest BCUT2D eigenvalue weighted by atomic mass is 15.0. The highest BCUT2D eigenvalue weighted by Crippen LogP contribution is 2.40. The zero-order valence-corrected chi connectivity index (χ0v) is 22.5. The number of fused-ring (bicyclic) bond motifs is 6. The van der Waals surface area contributed by atoms with Gasteiger partial charge in [0.25, 0.3) is 0 Å². The average Bonchev–Trinajstić information content (AvgIpc) is 3.57. The Morgan fingerprint density at radius 1 is 0.429 bits per heavy atom. The molecule has 8 aromatic rings.